The number of likely N-dealkylation sites (tertiary alicyclic amines) is 2. The van der Waals surface area contributed by atoms with Gasteiger partial charge in [0.2, 0.25) is 5.96 Å². The minimum Gasteiger partial charge on any atom is -0.391 e. The second-order valence-electron chi connectivity index (χ2n) is 20.3. The van der Waals surface area contributed by atoms with Gasteiger partial charge in [-0.15, -0.1) is 0 Å². The number of hydrogen-bond donors (Lipinski definition) is 4. The van der Waals surface area contributed by atoms with Gasteiger partial charge in [0.05, 0.1) is 22.8 Å². The first-order valence-electron chi connectivity index (χ1n) is 24.7. The molecule has 6 aliphatic heterocycles. The fraction of sp³-hybridized carbons (Fsp3) is 0.473. The van der Waals surface area contributed by atoms with E-state index in [1.54, 1.807) is 0 Å². The summed E-state index contributed by atoms with van der Waals surface area (Å²) in [6.45, 7) is 28.8. The van der Waals surface area contributed by atoms with Crippen LogP contribution in [0.2, 0.25) is 0 Å². The van der Waals surface area contributed by atoms with Gasteiger partial charge in [-0.3, -0.25) is 9.88 Å². The molecule has 0 saturated carbocycles. The number of rotatable bonds is 8. The van der Waals surface area contributed by atoms with Crippen molar-refractivity contribution >= 4 is 40.5 Å². The number of anilines is 3. The number of allylic oxidation sites excluding steroid dienone is 4. The summed E-state index contributed by atoms with van der Waals surface area (Å²) in [4.78, 5) is 19.6. The van der Waals surface area contributed by atoms with Gasteiger partial charge < -0.3 is 36.1 Å². The van der Waals surface area contributed by atoms with Crippen molar-refractivity contribution in [2.45, 2.75) is 96.9 Å². The maximum Gasteiger partial charge on any atom is 0.208 e. The van der Waals surface area contributed by atoms with Gasteiger partial charge in [-0.1, -0.05) is 45.7 Å². The second-order valence-corrected chi connectivity index (χ2v) is 20.3. The standard InChI is InChI=1S/C55H70F2N10/c1-35-10-8-9-11-49(59-7)46(31-58)51-28-43(26-37(3)61-51)38(4)62-54-63-50-15-13-41(27-52(50)67(54)32-35)33-64-22-17-55(18-23-64)19-24-65(25-20-55)40(6)42-16-21-66(34-42)44-29-47(56)53(48(57)30-44)45-14-12-36(2)60-39(45)5/h13,15,26-31,35,42,45,58-60H,2,4-6,8-12,14,16-25,32-34H2,1,3,7H3,(H,62,63)/b49-46+,58-31?/t35-,42?,45?/m1/s1. The first-order chi connectivity index (χ1) is 32.3. The number of benzene rings is 2. The smallest absolute Gasteiger partial charge is 0.208 e. The molecule has 4 fully saturated rings. The van der Waals surface area contributed by atoms with Crippen LogP contribution in [0.15, 0.2) is 96.6 Å². The molecule has 7 heterocycles. The van der Waals surface area contributed by atoms with Gasteiger partial charge in [0.25, 0.3) is 0 Å². The van der Waals surface area contributed by atoms with Gasteiger partial charge in [0.15, 0.2) is 0 Å². The zero-order valence-electron chi connectivity index (χ0n) is 40.1. The summed E-state index contributed by atoms with van der Waals surface area (Å²) >= 11 is 0. The van der Waals surface area contributed by atoms with Gasteiger partial charge in [0, 0.05) is 115 Å². The molecule has 0 aliphatic carbocycles. The normalized spacial score (nSPS) is 25.6. The van der Waals surface area contributed by atoms with E-state index in [0.717, 1.165) is 130 Å². The number of hydrogen-bond acceptors (Lipinski definition) is 10. The molecule has 354 valence electrons. The van der Waals surface area contributed by atoms with Gasteiger partial charge in [-0.05, 0) is 138 Å². The Morgan fingerprint density at radius 2 is 1.66 bits per heavy atom. The Morgan fingerprint density at radius 3 is 2.37 bits per heavy atom. The molecule has 3 atom stereocenters. The zero-order valence-corrected chi connectivity index (χ0v) is 40.1. The highest BCUT2D eigenvalue weighted by atomic mass is 19.1. The van der Waals surface area contributed by atoms with E-state index in [9.17, 15) is 0 Å². The predicted molar refractivity (Wildman–Crippen MR) is 272 cm³/mol. The molecule has 4 N–H and O–H groups in total. The number of aromatic nitrogens is 1. The fourth-order valence-electron chi connectivity index (χ4n) is 11.7. The summed E-state index contributed by atoms with van der Waals surface area (Å²) in [5.41, 5.74) is 12.3. The molecular formula is C55H70F2N10. The van der Waals surface area contributed by atoms with Gasteiger partial charge in [-0.2, -0.15) is 0 Å². The number of aliphatic imine (C=N–C) groups is 1. The number of piperidine rings is 3. The quantitative estimate of drug-likeness (QED) is 0.166. The molecule has 9 rings (SSSR count). The van der Waals surface area contributed by atoms with Crippen LogP contribution in [0.5, 0.6) is 0 Å². The van der Waals surface area contributed by atoms with Gasteiger partial charge >= 0.3 is 0 Å². The third kappa shape index (κ3) is 9.82. The van der Waals surface area contributed by atoms with Crippen LogP contribution in [-0.4, -0.2) is 79.8 Å². The molecule has 0 radical (unpaired) electrons. The van der Waals surface area contributed by atoms with E-state index < -0.39 is 17.6 Å². The molecule has 10 nitrogen and oxygen atoms in total. The average molecular weight is 909 g/mol. The van der Waals surface area contributed by atoms with Crippen molar-refractivity contribution < 1.29 is 8.78 Å². The van der Waals surface area contributed by atoms with Crippen molar-refractivity contribution in [1.82, 2.24) is 25.4 Å². The number of halogens is 2. The molecule has 4 saturated heterocycles. The summed E-state index contributed by atoms with van der Waals surface area (Å²) in [6, 6.07) is 13.9. The van der Waals surface area contributed by atoms with E-state index >= 15 is 8.78 Å². The Balaban J connectivity index is 0.802. The Morgan fingerprint density at radius 1 is 0.910 bits per heavy atom. The molecule has 6 aliphatic rings. The maximum atomic E-state index is 15.6. The Labute approximate surface area is 397 Å². The highest BCUT2D eigenvalue weighted by Crippen LogP contribution is 2.44. The lowest BCUT2D eigenvalue weighted by Crippen LogP contribution is -2.46. The molecule has 3 aromatic rings. The van der Waals surface area contributed by atoms with E-state index in [2.05, 4.69) is 87.0 Å². The highest BCUT2D eigenvalue weighted by Gasteiger charge is 2.40. The zero-order chi connectivity index (χ0) is 47.0. The van der Waals surface area contributed by atoms with Crippen molar-refractivity contribution in [3.63, 3.8) is 0 Å². The van der Waals surface area contributed by atoms with Crippen LogP contribution in [0, 0.1) is 41.2 Å². The van der Waals surface area contributed by atoms with Crippen molar-refractivity contribution in [2.24, 2.45) is 22.2 Å². The molecule has 1 spiro atoms. The van der Waals surface area contributed by atoms with Crippen LogP contribution < -0.4 is 25.8 Å². The first-order valence-corrected chi connectivity index (χ1v) is 24.7. The summed E-state index contributed by atoms with van der Waals surface area (Å²) in [6.07, 6.45) is 12.5. The van der Waals surface area contributed by atoms with Gasteiger partial charge in [-0.25, -0.2) is 13.8 Å². The number of fused-ring (bicyclic) bond motifs is 5. The molecule has 2 aromatic carbocycles. The molecule has 67 heavy (non-hydrogen) atoms. The first kappa shape index (κ1) is 46.4. The second kappa shape index (κ2) is 19.5. The monoisotopic (exact) mass is 909 g/mol. The average Bonchev–Trinajstić information content (AvgIpc) is 3.93. The molecule has 0 amide bonds. The summed E-state index contributed by atoms with van der Waals surface area (Å²) in [7, 11) is 1.94. The van der Waals surface area contributed by atoms with Crippen molar-refractivity contribution in [2.75, 3.05) is 68.0 Å². The Bertz CT molecular complexity index is 2480. The lowest BCUT2D eigenvalue weighted by molar-refractivity contribution is 0.0396. The molecular weight excluding hydrogens is 839 g/mol. The predicted octanol–water partition coefficient (Wildman–Crippen LogP) is 10.9. The van der Waals surface area contributed by atoms with E-state index in [0.29, 0.717) is 41.3 Å². The van der Waals surface area contributed by atoms with E-state index in [1.807, 2.05) is 26.1 Å². The van der Waals surface area contributed by atoms with Crippen molar-refractivity contribution in [3.05, 3.63) is 131 Å². The van der Waals surface area contributed by atoms with Crippen LogP contribution in [0.1, 0.15) is 112 Å². The minimum absolute atomic E-state index is 0.104. The molecule has 2 unspecified atom stereocenters. The maximum absolute atomic E-state index is 15.6. The minimum atomic E-state index is -0.502. The third-order valence-electron chi connectivity index (χ3n) is 15.8. The Hall–Kier alpha value is -5.75. The van der Waals surface area contributed by atoms with Crippen LogP contribution in [0.3, 0.4) is 0 Å². The topological polar surface area (TPSA) is 98.2 Å². The summed E-state index contributed by atoms with van der Waals surface area (Å²) < 4.78 is 31.1. The fourth-order valence-corrected chi connectivity index (χ4v) is 11.7. The molecule has 2 bridgehead atoms. The highest BCUT2D eigenvalue weighted by molar-refractivity contribution is 6.16. The lowest BCUT2D eigenvalue weighted by Gasteiger charge is -2.48. The molecule has 12 heteroatoms. The Kier molecular flexibility index (Phi) is 13.5. The number of nitrogens with zero attached hydrogens (tertiary/aromatic N) is 6. The summed E-state index contributed by atoms with van der Waals surface area (Å²) in [5, 5.41) is 18.4. The van der Waals surface area contributed by atoms with E-state index in [-0.39, 0.29) is 11.5 Å². The van der Waals surface area contributed by atoms with Crippen LogP contribution in [-0.2, 0) is 6.54 Å². The van der Waals surface area contributed by atoms with E-state index in [1.165, 1.54) is 61.0 Å². The van der Waals surface area contributed by atoms with Crippen LogP contribution in [0.25, 0.3) is 11.3 Å². The number of nitrogens with one attached hydrogen (secondary N) is 4. The van der Waals surface area contributed by atoms with Crippen molar-refractivity contribution in [1.29, 1.82) is 5.41 Å². The SMILES string of the molecule is C=C1CCC(c2c(F)cc(N3CCC(C(=C)N4CCC5(CCN(Cc6ccc7c(c6)N6C[C@H](C)CCCC/C(NC)=C(/C=N)c8cc(cc(C)n8)C(=C)/N=C/6N7)CC5)CC4)C3)cc2F)C(=C)N1. The number of guanidine groups is 1. The van der Waals surface area contributed by atoms with Crippen LogP contribution >= 0.6 is 0 Å². The van der Waals surface area contributed by atoms with Crippen molar-refractivity contribution in [3.8, 4) is 0 Å². The lowest BCUT2D eigenvalue weighted by atomic mass is 9.71. The summed E-state index contributed by atoms with van der Waals surface area (Å²) in [5.74, 6) is 0.103. The van der Waals surface area contributed by atoms with Gasteiger partial charge in [0.1, 0.15) is 11.6 Å². The van der Waals surface area contributed by atoms with E-state index in [4.69, 9.17) is 15.4 Å². The largest absolute Gasteiger partial charge is 0.391 e. The number of aryl methyl sites for hydroxylation is 1. The third-order valence-corrected chi connectivity index (χ3v) is 15.8. The van der Waals surface area contributed by atoms with Crippen LogP contribution in [0.4, 0.5) is 25.8 Å². The number of pyridine rings is 1. The molecule has 1 aromatic heterocycles.